The van der Waals surface area contributed by atoms with Crippen molar-refractivity contribution in [3.8, 4) is 0 Å². The van der Waals surface area contributed by atoms with E-state index in [0.717, 1.165) is 81.9 Å². The molecule has 0 spiro atoms. The van der Waals surface area contributed by atoms with Gasteiger partial charge in [0.15, 0.2) is 0 Å². The summed E-state index contributed by atoms with van der Waals surface area (Å²) < 4.78 is 13.4. The zero-order chi connectivity index (χ0) is 34.4. The molecule has 0 radical (unpaired) electrons. The first kappa shape index (κ1) is 42.7. The SMILES string of the molecule is CCCCCC/C=C\COC(=O)CN(CC(=O)OC(CCCCCCCC)CCCCCCCC)C(=O)SCCCn1ccnc1C. The van der Waals surface area contributed by atoms with Crippen LogP contribution in [0.5, 0.6) is 0 Å². The predicted octanol–water partition coefficient (Wildman–Crippen LogP) is 10.2. The van der Waals surface area contributed by atoms with Crippen LogP contribution in [0.3, 0.4) is 0 Å². The number of carbonyl (C=O) groups excluding carboxylic acids is 3. The van der Waals surface area contributed by atoms with Gasteiger partial charge in [0.2, 0.25) is 0 Å². The van der Waals surface area contributed by atoms with Gasteiger partial charge in [-0.25, -0.2) is 4.98 Å². The second-order valence-corrected chi connectivity index (χ2v) is 13.8. The van der Waals surface area contributed by atoms with Gasteiger partial charge in [-0.3, -0.25) is 14.4 Å². The fraction of sp³-hybridized carbons (Fsp3) is 0.789. The van der Waals surface area contributed by atoms with Crippen molar-refractivity contribution < 1.29 is 23.9 Å². The second kappa shape index (κ2) is 29.8. The van der Waals surface area contributed by atoms with Gasteiger partial charge in [0.05, 0.1) is 0 Å². The zero-order valence-electron chi connectivity index (χ0n) is 30.4. The second-order valence-electron chi connectivity index (χ2n) is 12.7. The summed E-state index contributed by atoms with van der Waals surface area (Å²) in [5.41, 5.74) is 0. The number of thioether (sulfide) groups is 1. The van der Waals surface area contributed by atoms with Gasteiger partial charge in [-0.05, 0) is 51.9 Å². The van der Waals surface area contributed by atoms with Crippen LogP contribution in [0.2, 0.25) is 0 Å². The van der Waals surface area contributed by atoms with E-state index in [9.17, 15) is 14.4 Å². The van der Waals surface area contributed by atoms with Crippen LogP contribution in [0.4, 0.5) is 4.79 Å². The van der Waals surface area contributed by atoms with Gasteiger partial charge in [-0.1, -0.05) is 128 Å². The van der Waals surface area contributed by atoms with E-state index in [0.29, 0.717) is 5.75 Å². The predicted molar refractivity (Wildman–Crippen MR) is 196 cm³/mol. The Bertz CT molecular complexity index is 951. The number of aromatic nitrogens is 2. The Morgan fingerprint density at radius 3 is 1.96 bits per heavy atom. The number of hydrogen-bond donors (Lipinski definition) is 0. The Morgan fingerprint density at radius 2 is 1.36 bits per heavy atom. The van der Waals surface area contributed by atoms with E-state index >= 15 is 0 Å². The fourth-order valence-electron chi connectivity index (χ4n) is 5.47. The summed E-state index contributed by atoms with van der Waals surface area (Å²) in [4.78, 5) is 44.8. The number of esters is 2. The van der Waals surface area contributed by atoms with Gasteiger partial charge in [0.1, 0.15) is 31.6 Å². The number of hydrogen-bond acceptors (Lipinski definition) is 7. The van der Waals surface area contributed by atoms with Crippen molar-refractivity contribution in [2.24, 2.45) is 0 Å². The van der Waals surface area contributed by atoms with Crippen LogP contribution in [-0.4, -0.2) is 63.2 Å². The first-order valence-corrected chi connectivity index (χ1v) is 19.8. The maximum absolute atomic E-state index is 13.3. The molecule has 0 aliphatic carbocycles. The molecule has 1 heterocycles. The normalized spacial score (nSPS) is 11.4. The molecule has 0 atom stereocenters. The summed E-state index contributed by atoms with van der Waals surface area (Å²) in [6.07, 6.45) is 29.8. The first-order chi connectivity index (χ1) is 22.9. The molecule has 0 N–H and O–H groups in total. The molecule has 0 unspecified atom stereocenters. The topological polar surface area (TPSA) is 90.7 Å². The number of rotatable bonds is 30. The highest BCUT2D eigenvalue weighted by Crippen LogP contribution is 2.18. The molecule has 9 heteroatoms. The minimum absolute atomic E-state index is 0.155. The highest BCUT2D eigenvalue weighted by molar-refractivity contribution is 8.13. The summed E-state index contributed by atoms with van der Waals surface area (Å²) in [5, 5.41) is -0.309. The highest BCUT2D eigenvalue weighted by atomic mass is 32.2. The average molecular weight is 678 g/mol. The zero-order valence-corrected chi connectivity index (χ0v) is 31.2. The number of aryl methyl sites for hydroxylation is 2. The number of unbranched alkanes of at least 4 members (excludes halogenated alkanes) is 14. The lowest BCUT2D eigenvalue weighted by Crippen LogP contribution is -2.39. The maximum Gasteiger partial charge on any atom is 0.326 e. The molecule has 270 valence electrons. The van der Waals surface area contributed by atoms with Gasteiger partial charge in [-0.15, -0.1) is 0 Å². The van der Waals surface area contributed by atoms with E-state index in [-0.39, 0.29) is 31.0 Å². The van der Waals surface area contributed by atoms with Gasteiger partial charge in [-0.2, -0.15) is 0 Å². The molecule has 0 bridgehead atoms. The number of imidazole rings is 1. The van der Waals surface area contributed by atoms with Gasteiger partial charge >= 0.3 is 11.9 Å². The molecule has 0 aliphatic heterocycles. The number of amides is 1. The quantitative estimate of drug-likeness (QED) is 0.0455. The van der Waals surface area contributed by atoms with Crippen molar-refractivity contribution in [1.29, 1.82) is 0 Å². The smallest absolute Gasteiger partial charge is 0.326 e. The molecule has 8 nitrogen and oxygen atoms in total. The van der Waals surface area contributed by atoms with Crippen LogP contribution >= 0.6 is 11.8 Å². The first-order valence-electron chi connectivity index (χ1n) is 18.8. The van der Waals surface area contributed by atoms with Gasteiger partial charge in [0, 0.05) is 24.7 Å². The number of allylic oxidation sites excluding steroid dienone is 1. The summed E-state index contributed by atoms with van der Waals surface area (Å²) in [6, 6.07) is 0. The minimum atomic E-state index is -0.521. The molecule has 47 heavy (non-hydrogen) atoms. The van der Waals surface area contributed by atoms with Gasteiger partial charge in [0.25, 0.3) is 5.24 Å². The van der Waals surface area contributed by atoms with Crippen LogP contribution in [0.1, 0.15) is 155 Å². The van der Waals surface area contributed by atoms with E-state index in [2.05, 4.69) is 25.8 Å². The van der Waals surface area contributed by atoms with Crippen molar-refractivity contribution in [1.82, 2.24) is 14.5 Å². The lowest BCUT2D eigenvalue weighted by Gasteiger charge is -2.23. The minimum Gasteiger partial charge on any atom is -0.461 e. The Balaban J connectivity index is 2.72. The monoisotopic (exact) mass is 677 g/mol. The van der Waals surface area contributed by atoms with Crippen LogP contribution < -0.4 is 0 Å². The van der Waals surface area contributed by atoms with Crippen LogP contribution in [0.15, 0.2) is 24.5 Å². The molecule has 0 saturated carbocycles. The molecule has 0 aliphatic rings. The third-order valence-electron chi connectivity index (χ3n) is 8.38. The molecule has 0 fully saturated rings. The van der Waals surface area contributed by atoms with Crippen LogP contribution in [-0.2, 0) is 25.6 Å². The largest absolute Gasteiger partial charge is 0.461 e. The lowest BCUT2D eigenvalue weighted by atomic mass is 10.0. The van der Waals surface area contributed by atoms with E-state index in [1.54, 1.807) is 6.20 Å². The molecule has 0 saturated heterocycles. The molecule has 1 aromatic rings. The van der Waals surface area contributed by atoms with Crippen LogP contribution in [0.25, 0.3) is 0 Å². The molecule has 1 amide bonds. The fourth-order valence-corrected chi connectivity index (χ4v) is 6.23. The van der Waals surface area contributed by atoms with Crippen molar-refractivity contribution in [3.63, 3.8) is 0 Å². The highest BCUT2D eigenvalue weighted by Gasteiger charge is 2.24. The van der Waals surface area contributed by atoms with E-state index < -0.39 is 11.9 Å². The summed E-state index contributed by atoms with van der Waals surface area (Å²) in [7, 11) is 0. The Labute approximate surface area is 291 Å². The molecular weight excluding hydrogens is 611 g/mol. The third kappa shape index (κ3) is 23.6. The molecule has 0 aromatic carbocycles. The van der Waals surface area contributed by atoms with Crippen LogP contribution in [0, 0.1) is 6.92 Å². The summed E-state index contributed by atoms with van der Waals surface area (Å²) in [5.74, 6) is 0.526. The van der Waals surface area contributed by atoms with E-state index in [4.69, 9.17) is 9.47 Å². The molecule has 1 aromatic heterocycles. The Hall–Kier alpha value is -2.29. The lowest BCUT2D eigenvalue weighted by molar-refractivity contribution is -0.151. The maximum atomic E-state index is 13.3. The van der Waals surface area contributed by atoms with E-state index in [1.165, 1.54) is 75.5 Å². The number of nitrogens with zero attached hydrogens (tertiary/aromatic N) is 3. The Kier molecular flexibility index (Phi) is 27.1. The van der Waals surface area contributed by atoms with Crippen molar-refractivity contribution >= 4 is 28.9 Å². The Morgan fingerprint density at radius 1 is 0.787 bits per heavy atom. The number of ether oxygens (including phenoxy) is 2. The third-order valence-corrected chi connectivity index (χ3v) is 9.38. The molecular formula is C38H67N3O5S. The van der Waals surface area contributed by atoms with E-state index in [1.807, 2.05) is 29.8 Å². The molecule has 1 rings (SSSR count). The average Bonchev–Trinajstić information content (AvgIpc) is 3.47. The summed E-state index contributed by atoms with van der Waals surface area (Å²) in [6.45, 7) is 8.97. The van der Waals surface area contributed by atoms with Crippen molar-refractivity contribution in [2.75, 3.05) is 25.4 Å². The van der Waals surface area contributed by atoms with Crippen molar-refractivity contribution in [2.45, 2.75) is 169 Å². The van der Waals surface area contributed by atoms with Gasteiger partial charge < -0.3 is 18.9 Å². The number of carbonyl (C=O) groups is 3. The van der Waals surface area contributed by atoms with Crippen molar-refractivity contribution in [3.05, 3.63) is 30.4 Å². The standard InChI is InChI=1S/C38H67N3O5S/c1-5-8-11-14-17-20-23-30-45-36(42)32-41(38(44)47-31-24-28-40-29-27-39-34(40)4)33-37(43)46-35(25-21-18-15-12-9-6-2)26-22-19-16-13-10-7-3/h20,23,27,29,35H,5-19,21-22,24-26,28,30-33H2,1-4H3/b23-20-. The summed E-state index contributed by atoms with van der Waals surface area (Å²) >= 11 is 1.13.